The van der Waals surface area contributed by atoms with Crippen molar-refractivity contribution in [3.63, 3.8) is 0 Å². The van der Waals surface area contributed by atoms with Crippen LogP contribution in [-0.2, 0) is 3.79 Å². The number of hydrogen-bond donors (Lipinski definition) is 0. The predicted octanol–water partition coefficient (Wildman–Crippen LogP) is 6.28. The molecule has 2 nitrogen and oxygen atoms in total. The van der Waals surface area contributed by atoms with E-state index < -0.39 is 14.5 Å². The molecule has 0 aromatic heterocycles. The Morgan fingerprint density at radius 2 is 1.42 bits per heavy atom. The number of piperidine rings is 1. The average molecular weight is 354 g/mol. The molecule has 0 radical (unpaired) electrons. The maximum atomic E-state index is 6.74. The van der Waals surface area contributed by atoms with Gasteiger partial charge in [-0.1, -0.05) is 82.7 Å². The van der Waals surface area contributed by atoms with Gasteiger partial charge in [-0.05, 0) is 45.3 Å². The second-order valence-electron chi connectivity index (χ2n) is 7.93. The van der Waals surface area contributed by atoms with Crippen molar-refractivity contribution >= 4 is 14.5 Å². The molecule has 1 saturated heterocycles. The van der Waals surface area contributed by atoms with Crippen LogP contribution in [0.25, 0.3) is 0 Å². The standard InChI is InChI=1S/C9H18NO.2C6H13.Al/c1-3-10-6-4-9(5-7-10)8(2)11;2*1-3-5-6-4-2;/h8-9H,3-7H2,1-2H3;2*1,3-6H2,2H3;/q-1;;;+1. The van der Waals surface area contributed by atoms with Gasteiger partial charge in [-0.3, -0.25) is 0 Å². The number of hydrogen-bond acceptors (Lipinski definition) is 2. The Balaban J connectivity index is 2.34. The van der Waals surface area contributed by atoms with E-state index in [1.54, 1.807) is 0 Å². The van der Waals surface area contributed by atoms with Crippen LogP contribution in [0.3, 0.4) is 0 Å². The molecule has 3 heteroatoms. The molecule has 0 spiro atoms. The fourth-order valence-electron chi connectivity index (χ4n) is 4.03. The van der Waals surface area contributed by atoms with Crippen LogP contribution in [0.1, 0.15) is 91.9 Å². The third kappa shape index (κ3) is 9.81. The minimum Gasteiger partial charge on any atom is -0.498 e. The molecule has 1 unspecified atom stereocenters. The zero-order valence-corrected chi connectivity index (χ0v) is 18.3. The van der Waals surface area contributed by atoms with Gasteiger partial charge in [-0.25, -0.2) is 0 Å². The van der Waals surface area contributed by atoms with E-state index in [2.05, 4.69) is 32.6 Å². The van der Waals surface area contributed by atoms with Gasteiger partial charge in [0, 0.05) is 6.10 Å². The van der Waals surface area contributed by atoms with Crippen molar-refractivity contribution in [3.05, 3.63) is 0 Å². The van der Waals surface area contributed by atoms with Crippen LogP contribution in [0.15, 0.2) is 0 Å². The second-order valence-corrected chi connectivity index (χ2v) is 10.6. The lowest BCUT2D eigenvalue weighted by Gasteiger charge is -2.35. The predicted molar refractivity (Wildman–Crippen MR) is 109 cm³/mol. The quantitative estimate of drug-likeness (QED) is 0.269. The summed E-state index contributed by atoms with van der Waals surface area (Å²) in [6, 6.07) is 0. The van der Waals surface area contributed by atoms with Gasteiger partial charge >= 0.3 is 14.5 Å². The molecular weight excluding hydrogens is 309 g/mol. The zero-order chi connectivity index (χ0) is 17.6. The van der Waals surface area contributed by atoms with Crippen LogP contribution in [-0.4, -0.2) is 45.1 Å². The molecule has 0 saturated carbocycles. The molecular formula is C21H44AlNO. The molecule has 0 amide bonds. The fourth-order valence-corrected chi connectivity index (χ4v) is 6.91. The van der Waals surface area contributed by atoms with Gasteiger partial charge in [-0.15, -0.1) is 0 Å². The van der Waals surface area contributed by atoms with E-state index in [1.165, 1.54) is 94.4 Å². The first kappa shape index (κ1) is 22.5. The summed E-state index contributed by atoms with van der Waals surface area (Å²) in [5.41, 5.74) is 0. The van der Waals surface area contributed by atoms with Gasteiger partial charge in [0.15, 0.2) is 0 Å². The van der Waals surface area contributed by atoms with E-state index in [0.29, 0.717) is 6.10 Å². The number of rotatable bonds is 14. The van der Waals surface area contributed by atoms with Crippen LogP contribution in [0.4, 0.5) is 0 Å². The summed E-state index contributed by atoms with van der Waals surface area (Å²) < 4.78 is 6.74. The van der Waals surface area contributed by atoms with Crippen molar-refractivity contribution in [2.45, 2.75) is 109 Å². The lowest BCUT2D eigenvalue weighted by Crippen LogP contribution is -2.39. The van der Waals surface area contributed by atoms with E-state index in [0.717, 1.165) is 5.92 Å². The van der Waals surface area contributed by atoms with E-state index in [-0.39, 0.29) is 0 Å². The molecule has 1 atom stereocenters. The summed E-state index contributed by atoms with van der Waals surface area (Å²) in [7, 11) is 0. The van der Waals surface area contributed by atoms with Crippen molar-refractivity contribution in [1.82, 2.24) is 4.90 Å². The van der Waals surface area contributed by atoms with Gasteiger partial charge in [0.1, 0.15) is 0 Å². The summed E-state index contributed by atoms with van der Waals surface area (Å²) in [5, 5.41) is 2.84. The summed E-state index contributed by atoms with van der Waals surface area (Å²) >= 11 is -0.985. The third-order valence-electron chi connectivity index (χ3n) is 5.91. The molecule has 0 N–H and O–H groups in total. The zero-order valence-electron chi connectivity index (χ0n) is 17.2. The van der Waals surface area contributed by atoms with Gasteiger partial charge in [0.2, 0.25) is 0 Å². The van der Waals surface area contributed by atoms with Crippen LogP contribution >= 0.6 is 0 Å². The van der Waals surface area contributed by atoms with Crippen LogP contribution in [0.5, 0.6) is 0 Å². The maximum Gasteiger partial charge on any atom is 0.460 e. The maximum absolute atomic E-state index is 6.74. The Morgan fingerprint density at radius 1 is 0.875 bits per heavy atom. The minimum absolute atomic E-state index is 0.512. The highest BCUT2D eigenvalue weighted by molar-refractivity contribution is 6.51. The third-order valence-corrected chi connectivity index (χ3v) is 8.83. The Labute approximate surface area is 157 Å². The molecule has 1 heterocycles. The lowest BCUT2D eigenvalue weighted by molar-refractivity contribution is 0.0880. The van der Waals surface area contributed by atoms with Crippen molar-refractivity contribution in [3.8, 4) is 0 Å². The Bertz CT molecular complexity index is 267. The number of unbranched alkanes of at least 4 members (excludes halogenated alkanes) is 6. The largest absolute Gasteiger partial charge is 0.498 e. The number of likely N-dealkylation sites (tertiary alicyclic amines) is 1. The summed E-state index contributed by atoms with van der Waals surface area (Å²) in [6.07, 6.45) is 14.4. The van der Waals surface area contributed by atoms with Crippen molar-refractivity contribution in [2.24, 2.45) is 5.92 Å². The van der Waals surface area contributed by atoms with Crippen molar-refractivity contribution < 1.29 is 3.79 Å². The van der Waals surface area contributed by atoms with E-state index >= 15 is 0 Å². The molecule has 0 aliphatic carbocycles. The van der Waals surface area contributed by atoms with E-state index in [9.17, 15) is 0 Å². The second kappa shape index (κ2) is 14.6. The highest BCUT2D eigenvalue weighted by atomic mass is 27.2. The average Bonchev–Trinajstić information content (AvgIpc) is 2.62. The normalized spacial score (nSPS) is 18.0. The summed E-state index contributed by atoms with van der Waals surface area (Å²) in [6.45, 7) is 13.1. The Kier molecular flexibility index (Phi) is 13.7. The summed E-state index contributed by atoms with van der Waals surface area (Å²) in [4.78, 5) is 2.59. The van der Waals surface area contributed by atoms with E-state index in [4.69, 9.17) is 3.79 Å². The van der Waals surface area contributed by atoms with Gasteiger partial charge in [-0.2, -0.15) is 0 Å². The van der Waals surface area contributed by atoms with Crippen molar-refractivity contribution in [1.29, 1.82) is 0 Å². The highest BCUT2D eigenvalue weighted by Crippen LogP contribution is 2.25. The smallest absolute Gasteiger partial charge is 0.460 e. The molecule has 1 fully saturated rings. The minimum atomic E-state index is -0.985. The molecule has 0 aromatic carbocycles. The Morgan fingerprint density at radius 3 is 1.88 bits per heavy atom. The molecule has 24 heavy (non-hydrogen) atoms. The monoisotopic (exact) mass is 353 g/mol. The lowest BCUT2D eigenvalue weighted by atomic mass is 9.92. The first-order valence-corrected chi connectivity index (χ1v) is 13.2. The highest BCUT2D eigenvalue weighted by Gasteiger charge is 2.28. The first-order chi connectivity index (χ1) is 11.7. The topological polar surface area (TPSA) is 12.5 Å². The van der Waals surface area contributed by atoms with Crippen LogP contribution in [0, 0.1) is 5.92 Å². The van der Waals surface area contributed by atoms with Crippen LogP contribution in [0.2, 0.25) is 10.6 Å². The fraction of sp³-hybridized carbons (Fsp3) is 1.00. The molecule has 1 aliphatic heterocycles. The molecule has 0 bridgehead atoms. The van der Waals surface area contributed by atoms with Crippen LogP contribution < -0.4 is 0 Å². The number of nitrogens with zero attached hydrogens (tertiary/aromatic N) is 1. The van der Waals surface area contributed by atoms with E-state index in [1.807, 2.05) is 0 Å². The first-order valence-electron chi connectivity index (χ1n) is 11.1. The molecule has 1 aliphatic rings. The van der Waals surface area contributed by atoms with Gasteiger partial charge < -0.3 is 8.69 Å². The van der Waals surface area contributed by atoms with Gasteiger partial charge in [0.05, 0.1) is 0 Å². The molecule has 0 aromatic rings. The molecule has 142 valence electrons. The summed E-state index contributed by atoms with van der Waals surface area (Å²) in [5.74, 6) is 0.814. The Hall–Kier alpha value is 0.452. The molecule has 1 rings (SSSR count). The van der Waals surface area contributed by atoms with Gasteiger partial charge in [0.25, 0.3) is 0 Å². The SMILES string of the molecule is CCCCC[CH2][Al]([CH2]CCCCC)[O]C(C)C1CCN(CC)CC1. The van der Waals surface area contributed by atoms with Crippen molar-refractivity contribution in [2.75, 3.05) is 19.6 Å².